The van der Waals surface area contributed by atoms with Crippen molar-refractivity contribution in [3.05, 3.63) is 0 Å². The first-order valence-corrected chi connectivity index (χ1v) is 5.73. The molecule has 0 aromatic carbocycles. The molecule has 0 aliphatic rings. The third-order valence-electron chi connectivity index (χ3n) is 2.25. The molecule has 0 rings (SSSR count). The number of amides is 1. The van der Waals surface area contributed by atoms with E-state index in [1.807, 2.05) is 6.92 Å². The van der Waals surface area contributed by atoms with Gasteiger partial charge in [-0.1, -0.05) is 0 Å². The fourth-order valence-corrected chi connectivity index (χ4v) is 1.05. The molecule has 0 radical (unpaired) electrons. The Balaban J connectivity index is 3.18. The molecular formula is C11H24N2O3. The number of methoxy groups -OCH3 is 1. The Labute approximate surface area is 98.1 Å². The summed E-state index contributed by atoms with van der Waals surface area (Å²) in [4.78, 5) is 13.1. The van der Waals surface area contributed by atoms with E-state index in [1.165, 1.54) is 0 Å². The smallest absolute Gasteiger partial charge is 0.236 e. The summed E-state index contributed by atoms with van der Waals surface area (Å²) in [7, 11) is 3.46. The monoisotopic (exact) mass is 232 g/mol. The van der Waals surface area contributed by atoms with Gasteiger partial charge in [0.25, 0.3) is 0 Å². The maximum atomic E-state index is 11.4. The van der Waals surface area contributed by atoms with E-state index >= 15 is 0 Å². The Morgan fingerprint density at radius 1 is 1.31 bits per heavy atom. The van der Waals surface area contributed by atoms with Gasteiger partial charge in [-0.2, -0.15) is 0 Å². The Morgan fingerprint density at radius 2 is 2.06 bits per heavy atom. The van der Waals surface area contributed by atoms with Crippen LogP contribution in [0.2, 0.25) is 0 Å². The molecule has 0 bridgehead atoms. The summed E-state index contributed by atoms with van der Waals surface area (Å²) < 4.78 is 10.1. The van der Waals surface area contributed by atoms with Crippen LogP contribution in [0.4, 0.5) is 0 Å². The van der Waals surface area contributed by atoms with Gasteiger partial charge in [-0.3, -0.25) is 4.79 Å². The van der Waals surface area contributed by atoms with Crippen LogP contribution in [-0.4, -0.2) is 64.4 Å². The van der Waals surface area contributed by atoms with E-state index in [0.717, 1.165) is 19.5 Å². The van der Waals surface area contributed by atoms with E-state index in [0.29, 0.717) is 26.4 Å². The van der Waals surface area contributed by atoms with Crippen molar-refractivity contribution in [3.8, 4) is 0 Å². The van der Waals surface area contributed by atoms with Crippen LogP contribution >= 0.6 is 0 Å². The third kappa shape index (κ3) is 8.64. The number of carbonyl (C=O) groups is 1. The summed E-state index contributed by atoms with van der Waals surface area (Å²) in [6.45, 7) is 5.89. The van der Waals surface area contributed by atoms with Crippen molar-refractivity contribution < 1.29 is 14.3 Å². The summed E-state index contributed by atoms with van der Waals surface area (Å²) in [6, 6.07) is 0. The molecule has 0 aromatic heterocycles. The minimum Gasteiger partial charge on any atom is -0.382 e. The molecule has 0 aromatic rings. The van der Waals surface area contributed by atoms with E-state index in [9.17, 15) is 4.79 Å². The molecule has 0 saturated carbocycles. The van der Waals surface area contributed by atoms with Crippen LogP contribution in [0.1, 0.15) is 13.3 Å². The van der Waals surface area contributed by atoms with Gasteiger partial charge < -0.3 is 19.7 Å². The van der Waals surface area contributed by atoms with Crippen LogP contribution in [0.3, 0.4) is 0 Å². The second-order valence-corrected chi connectivity index (χ2v) is 3.54. The van der Waals surface area contributed by atoms with Crippen LogP contribution in [-0.2, 0) is 14.3 Å². The number of carbonyl (C=O) groups excluding carboxylic acids is 1. The predicted octanol–water partition coefficient (Wildman–Crippen LogP) is 0.107. The largest absolute Gasteiger partial charge is 0.382 e. The summed E-state index contributed by atoms with van der Waals surface area (Å²) in [5, 5.41) is 3.09. The molecule has 0 aliphatic heterocycles. The van der Waals surface area contributed by atoms with E-state index in [1.54, 1.807) is 19.1 Å². The minimum atomic E-state index is 0.128. The molecule has 96 valence electrons. The van der Waals surface area contributed by atoms with Gasteiger partial charge in [-0.15, -0.1) is 0 Å². The number of hydrogen-bond donors (Lipinski definition) is 1. The maximum absolute atomic E-state index is 11.4. The van der Waals surface area contributed by atoms with Crippen LogP contribution in [0.15, 0.2) is 0 Å². The zero-order chi connectivity index (χ0) is 12.2. The SMILES string of the molecule is CCN(C)C(=O)CNCCCOCCOC. The second kappa shape index (κ2) is 10.9. The summed E-state index contributed by atoms with van der Waals surface area (Å²) in [5.41, 5.74) is 0. The van der Waals surface area contributed by atoms with Crippen molar-refractivity contribution in [2.45, 2.75) is 13.3 Å². The first kappa shape index (κ1) is 15.3. The van der Waals surface area contributed by atoms with Crippen LogP contribution in [0.25, 0.3) is 0 Å². The Morgan fingerprint density at radius 3 is 2.69 bits per heavy atom. The third-order valence-corrected chi connectivity index (χ3v) is 2.25. The van der Waals surface area contributed by atoms with Crippen LogP contribution < -0.4 is 5.32 Å². The zero-order valence-electron chi connectivity index (χ0n) is 10.6. The Hall–Kier alpha value is -0.650. The van der Waals surface area contributed by atoms with Gasteiger partial charge in [0.1, 0.15) is 0 Å². The van der Waals surface area contributed by atoms with Crippen molar-refractivity contribution in [2.75, 3.05) is 53.6 Å². The predicted molar refractivity (Wildman–Crippen MR) is 63.5 cm³/mol. The molecular weight excluding hydrogens is 208 g/mol. The Bertz CT molecular complexity index is 177. The highest BCUT2D eigenvalue weighted by Crippen LogP contribution is 1.84. The lowest BCUT2D eigenvalue weighted by Gasteiger charge is -2.14. The average Bonchev–Trinajstić information content (AvgIpc) is 2.31. The van der Waals surface area contributed by atoms with Gasteiger partial charge in [0, 0.05) is 27.3 Å². The molecule has 0 atom stereocenters. The molecule has 1 amide bonds. The Kier molecular flexibility index (Phi) is 10.4. The fourth-order valence-electron chi connectivity index (χ4n) is 1.05. The van der Waals surface area contributed by atoms with Crippen molar-refractivity contribution in [1.29, 1.82) is 0 Å². The summed E-state index contributed by atoms with van der Waals surface area (Å²) in [5.74, 6) is 0.128. The van der Waals surface area contributed by atoms with Gasteiger partial charge in [-0.05, 0) is 19.9 Å². The summed E-state index contributed by atoms with van der Waals surface area (Å²) in [6.07, 6.45) is 0.910. The second-order valence-electron chi connectivity index (χ2n) is 3.54. The number of hydrogen-bond acceptors (Lipinski definition) is 4. The van der Waals surface area contributed by atoms with Crippen molar-refractivity contribution in [2.24, 2.45) is 0 Å². The molecule has 0 aliphatic carbocycles. The van der Waals surface area contributed by atoms with E-state index in [-0.39, 0.29) is 5.91 Å². The average molecular weight is 232 g/mol. The molecule has 0 heterocycles. The minimum absolute atomic E-state index is 0.128. The topological polar surface area (TPSA) is 50.8 Å². The van der Waals surface area contributed by atoms with Gasteiger partial charge in [0.2, 0.25) is 5.91 Å². The van der Waals surface area contributed by atoms with Gasteiger partial charge in [0.05, 0.1) is 19.8 Å². The van der Waals surface area contributed by atoms with Crippen LogP contribution in [0, 0.1) is 0 Å². The number of ether oxygens (including phenoxy) is 2. The zero-order valence-corrected chi connectivity index (χ0v) is 10.6. The molecule has 0 fully saturated rings. The first-order valence-electron chi connectivity index (χ1n) is 5.73. The van der Waals surface area contributed by atoms with E-state index in [2.05, 4.69) is 5.32 Å². The van der Waals surface area contributed by atoms with Crippen molar-refractivity contribution >= 4 is 5.91 Å². The molecule has 16 heavy (non-hydrogen) atoms. The van der Waals surface area contributed by atoms with E-state index < -0.39 is 0 Å². The number of likely N-dealkylation sites (N-methyl/N-ethyl adjacent to an activating group) is 1. The highest BCUT2D eigenvalue weighted by atomic mass is 16.5. The molecule has 5 nitrogen and oxygen atoms in total. The van der Waals surface area contributed by atoms with Crippen LogP contribution in [0.5, 0.6) is 0 Å². The van der Waals surface area contributed by atoms with Gasteiger partial charge >= 0.3 is 0 Å². The number of nitrogens with zero attached hydrogens (tertiary/aromatic N) is 1. The standard InChI is InChI=1S/C11H24N2O3/c1-4-13(2)11(14)10-12-6-5-7-16-9-8-15-3/h12H,4-10H2,1-3H3. The highest BCUT2D eigenvalue weighted by molar-refractivity contribution is 5.77. The lowest BCUT2D eigenvalue weighted by atomic mass is 10.4. The van der Waals surface area contributed by atoms with Gasteiger partial charge in [-0.25, -0.2) is 0 Å². The lowest BCUT2D eigenvalue weighted by molar-refractivity contribution is -0.128. The normalized spacial score (nSPS) is 10.4. The highest BCUT2D eigenvalue weighted by Gasteiger charge is 2.04. The molecule has 0 saturated heterocycles. The maximum Gasteiger partial charge on any atom is 0.236 e. The fraction of sp³-hybridized carbons (Fsp3) is 0.909. The lowest BCUT2D eigenvalue weighted by Crippen LogP contribution is -2.35. The van der Waals surface area contributed by atoms with E-state index in [4.69, 9.17) is 9.47 Å². The quantitative estimate of drug-likeness (QED) is 0.543. The first-order chi connectivity index (χ1) is 7.72. The molecule has 1 N–H and O–H groups in total. The van der Waals surface area contributed by atoms with Crippen molar-refractivity contribution in [1.82, 2.24) is 10.2 Å². The van der Waals surface area contributed by atoms with Gasteiger partial charge in [0.15, 0.2) is 0 Å². The molecule has 0 unspecified atom stereocenters. The molecule has 0 spiro atoms. The number of nitrogens with one attached hydrogen (secondary N) is 1. The molecule has 5 heteroatoms. The summed E-state index contributed by atoms with van der Waals surface area (Å²) >= 11 is 0. The number of rotatable bonds is 10. The van der Waals surface area contributed by atoms with Crippen molar-refractivity contribution in [3.63, 3.8) is 0 Å².